The number of allylic oxidation sites excluding steroid dienone is 2. The first-order valence-corrected chi connectivity index (χ1v) is 6.29. The molecule has 0 bridgehead atoms. The molecule has 112 valence electrons. The summed E-state index contributed by atoms with van der Waals surface area (Å²) in [6.07, 6.45) is 2.84. The average molecular weight is 284 g/mol. The van der Waals surface area contributed by atoms with E-state index in [9.17, 15) is 14.4 Å². The van der Waals surface area contributed by atoms with Gasteiger partial charge in [-0.1, -0.05) is 19.1 Å². The molecular weight excluding hydrogens is 264 g/mol. The summed E-state index contributed by atoms with van der Waals surface area (Å²) >= 11 is 0. The topological polar surface area (TPSA) is 78.9 Å². The summed E-state index contributed by atoms with van der Waals surface area (Å²) in [6, 6.07) is 0. The Balaban J connectivity index is 3.23. The molecule has 0 aliphatic heterocycles. The van der Waals surface area contributed by atoms with E-state index in [4.69, 9.17) is 4.74 Å². The second kappa shape index (κ2) is 5.64. The van der Waals surface area contributed by atoms with E-state index in [1.807, 2.05) is 13.0 Å². The van der Waals surface area contributed by atoms with Gasteiger partial charge in [0.25, 0.3) is 0 Å². The van der Waals surface area contributed by atoms with Gasteiger partial charge in [-0.05, 0) is 26.2 Å². The van der Waals surface area contributed by atoms with Gasteiger partial charge in [-0.15, -0.1) is 0 Å². The number of esters is 2. The van der Waals surface area contributed by atoms with Crippen LogP contribution in [0, 0.1) is 16.7 Å². The SMILES string of the molecule is COC(=O)OC(=O)C1(C)CC=CC(C)C1(C)C(=O)OC. The maximum atomic E-state index is 12.3. The zero-order chi connectivity index (χ0) is 15.6. The zero-order valence-electron chi connectivity index (χ0n) is 12.4. The van der Waals surface area contributed by atoms with Crippen LogP contribution >= 0.6 is 0 Å². The Morgan fingerprint density at radius 2 is 1.70 bits per heavy atom. The Bertz CT molecular complexity index is 455. The van der Waals surface area contributed by atoms with Crippen LogP contribution in [0.2, 0.25) is 0 Å². The predicted octanol–water partition coefficient (Wildman–Crippen LogP) is 2.08. The third kappa shape index (κ3) is 2.30. The number of methoxy groups -OCH3 is 2. The quantitative estimate of drug-likeness (QED) is 0.439. The minimum absolute atomic E-state index is 0.237. The fraction of sp³-hybridized carbons (Fsp3) is 0.643. The van der Waals surface area contributed by atoms with Crippen molar-refractivity contribution in [3.63, 3.8) is 0 Å². The van der Waals surface area contributed by atoms with Gasteiger partial charge in [-0.25, -0.2) is 4.79 Å². The van der Waals surface area contributed by atoms with Crippen molar-refractivity contribution in [1.29, 1.82) is 0 Å². The molecule has 20 heavy (non-hydrogen) atoms. The molecule has 0 heterocycles. The molecule has 0 radical (unpaired) electrons. The number of rotatable bonds is 2. The molecule has 0 aromatic carbocycles. The van der Waals surface area contributed by atoms with E-state index in [0.717, 1.165) is 7.11 Å². The summed E-state index contributed by atoms with van der Waals surface area (Å²) in [4.78, 5) is 35.6. The third-order valence-corrected chi connectivity index (χ3v) is 4.41. The first-order chi connectivity index (χ1) is 9.23. The van der Waals surface area contributed by atoms with Crippen LogP contribution in [0.4, 0.5) is 4.79 Å². The Morgan fingerprint density at radius 1 is 1.10 bits per heavy atom. The van der Waals surface area contributed by atoms with Crippen LogP contribution in [0.1, 0.15) is 27.2 Å². The fourth-order valence-electron chi connectivity index (χ4n) is 2.56. The maximum absolute atomic E-state index is 12.3. The summed E-state index contributed by atoms with van der Waals surface area (Å²) < 4.78 is 13.8. The van der Waals surface area contributed by atoms with Crippen molar-refractivity contribution in [3.8, 4) is 0 Å². The minimum Gasteiger partial charge on any atom is -0.469 e. The van der Waals surface area contributed by atoms with Crippen LogP contribution in [0.15, 0.2) is 12.2 Å². The first kappa shape index (κ1) is 16.2. The molecule has 3 unspecified atom stereocenters. The van der Waals surface area contributed by atoms with Crippen molar-refractivity contribution in [1.82, 2.24) is 0 Å². The third-order valence-electron chi connectivity index (χ3n) is 4.41. The molecular formula is C14H20O6. The minimum atomic E-state index is -1.21. The van der Waals surface area contributed by atoms with Gasteiger partial charge in [-0.3, -0.25) is 9.59 Å². The van der Waals surface area contributed by atoms with E-state index < -0.39 is 28.9 Å². The fourth-order valence-corrected chi connectivity index (χ4v) is 2.56. The van der Waals surface area contributed by atoms with Gasteiger partial charge in [0.15, 0.2) is 0 Å². The second-order valence-electron chi connectivity index (χ2n) is 5.29. The van der Waals surface area contributed by atoms with Crippen molar-refractivity contribution in [3.05, 3.63) is 12.2 Å². The molecule has 0 saturated heterocycles. The van der Waals surface area contributed by atoms with Gasteiger partial charge in [0.2, 0.25) is 0 Å². The van der Waals surface area contributed by atoms with E-state index in [-0.39, 0.29) is 12.3 Å². The van der Waals surface area contributed by atoms with Crippen molar-refractivity contribution in [2.45, 2.75) is 27.2 Å². The Labute approximate surface area is 118 Å². The van der Waals surface area contributed by atoms with Gasteiger partial charge in [0.1, 0.15) is 0 Å². The predicted molar refractivity (Wildman–Crippen MR) is 69.6 cm³/mol. The smallest absolute Gasteiger partial charge is 0.469 e. The molecule has 1 aliphatic carbocycles. The van der Waals surface area contributed by atoms with E-state index in [1.54, 1.807) is 19.9 Å². The van der Waals surface area contributed by atoms with Crippen LogP contribution in [0.25, 0.3) is 0 Å². The molecule has 0 saturated carbocycles. The molecule has 0 amide bonds. The molecule has 0 aromatic heterocycles. The lowest BCUT2D eigenvalue weighted by Crippen LogP contribution is -2.54. The van der Waals surface area contributed by atoms with Crippen LogP contribution in [-0.2, 0) is 23.8 Å². The summed E-state index contributed by atoms with van der Waals surface area (Å²) in [5.74, 6) is -1.55. The normalized spacial score (nSPS) is 32.4. The largest absolute Gasteiger partial charge is 0.515 e. The Kier molecular flexibility index (Phi) is 4.57. The van der Waals surface area contributed by atoms with Crippen LogP contribution in [0.5, 0.6) is 0 Å². The molecule has 3 atom stereocenters. The number of hydrogen-bond donors (Lipinski definition) is 0. The molecule has 1 aliphatic rings. The highest BCUT2D eigenvalue weighted by molar-refractivity contribution is 5.92. The van der Waals surface area contributed by atoms with Gasteiger partial charge in [-0.2, -0.15) is 0 Å². The van der Waals surface area contributed by atoms with Crippen molar-refractivity contribution in [2.75, 3.05) is 14.2 Å². The Hall–Kier alpha value is -1.85. The molecule has 6 heteroatoms. The van der Waals surface area contributed by atoms with E-state index in [0.29, 0.717) is 0 Å². The monoisotopic (exact) mass is 284 g/mol. The molecule has 0 fully saturated rings. The van der Waals surface area contributed by atoms with Gasteiger partial charge in [0, 0.05) is 0 Å². The van der Waals surface area contributed by atoms with Crippen LogP contribution < -0.4 is 0 Å². The highest BCUT2D eigenvalue weighted by atomic mass is 16.7. The van der Waals surface area contributed by atoms with Gasteiger partial charge >= 0.3 is 18.1 Å². The highest BCUT2D eigenvalue weighted by Gasteiger charge is 2.60. The molecule has 0 spiro atoms. The average Bonchev–Trinajstić information content (AvgIpc) is 2.43. The number of ether oxygens (including phenoxy) is 3. The lowest BCUT2D eigenvalue weighted by atomic mass is 9.55. The lowest BCUT2D eigenvalue weighted by molar-refractivity contribution is -0.178. The van der Waals surface area contributed by atoms with Gasteiger partial charge < -0.3 is 14.2 Å². The maximum Gasteiger partial charge on any atom is 0.515 e. The molecule has 6 nitrogen and oxygen atoms in total. The van der Waals surface area contributed by atoms with Crippen molar-refractivity contribution in [2.24, 2.45) is 16.7 Å². The van der Waals surface area contributed by atoms with Crippen LogP contribution in [-0.4, -0.2) is 32.3 Å². The highest BCUT2D eigenvalue weighted by Crippen LogP contribution is 2.52. The van der Waals surface area contributed by atoms with E-state index in [1.165, 1.54) is 7.11 Å². The summed E-state index contributed by atoms with van der Waals surface area (Å²) in [7, 11) is 2.38. The van der Waals surface area contributed by atoms with Crippen molar-refractivity contribution >= 4 is 18.1 Å². The molecule has 1 rings (SSSR count). The van der Waals surface area contributed by atoms with Crippen LogP contribution in [0.3, 0.4) is 0 Å². The summed E-state index contributed by atoms with van der Waals surface area (Å²) in [5, 5.41) is 0. The second-order valence-corrected chi connectivity index (χ2v) is 5.29. The molecule has 0 N–H and O–H groups in total. The standard InChI is InChI=1S/C14H20O6/c1-9-7-6-8-13(2,10(15)20-12(17)19-5)14(9,3)11(16)18-4/h6-7,9H,8H2,1-5H3. The summed E-state index contributed by atoms with van der Waals surface area (Å²) in [5.41, 5.74) is -2.33. The van der Waals surface area contributed by atoms with E-state index >= 15 is 0 Å². The van der Waals surface area contributed by atoms with Gasteiger partial charge in [0.05, 0.1) is 25.0 Å². The lowest BCUT2D eigenvalue weighted by Gasteiger charge is -2.46. The number of carbonyl (C=O) groups excluding carboxylic acids is 3. The van der Waals surface area contributed by atoms with E-state index in [2.05, 4.69) is 9.47 Å². The first-order valence-electron chi connectivity index (χ1n) is 6.29. The van der Waals surface area contributed by atoms with Crippen molar-refractivity contribution < 1.29 is 28.6 Å². The Morgan fingerprint density at radius 3 is 2.20 bits per heavy atom. The summed E-state index contributed by atoms with van der Waals surface area (Å²) in [6.45, 7) is 5.05. The molecule has 0 aromatic rings. The zero-order valence-corrected chi connectivity index (χ0v) is 12.4. The number of hydrogen-bond acceptors (Lipinski definition) is 6. The number of carbonyl (C=O) groups is 3.